The van der Waals surface area contributed by atoms with Crippen LogP contribution < -0.4 is 0 Å². The number of carbonyl (C=O) groups is 1. The molecule has 0 radical (unpaired) electrons. The van der Waals surface area contributed by atoms with Crippen molar-refractivity contribution in [2.45, 2.75) is 5.16 Å². The van der Waals surface area contributed by atoms with Crippen LogP contribution >= 0.6 is 23.4 Å². The molecule has 0 spiro atoms. The van der Waals surface area contributed by atoms with Gasteiger partial charge < -0.3 is 0 Å². The number of Topliss-reactive ketones (excluding diaryl/α,β-unsaturated/α-hetero) is 1. The maximum atomic E-state index is 13.3. The molecule has 0 bridgehead atoms. The van der Waals surface area contributed by atoms with Crippen LogP contribution in [0.5, 0.6) is 0 Å². The van der Waals surface area contributed by atoms with E-state index in [-0.39, 0.29) is 17.4 Å². The van der Waals surface area contributed by atoms with Crippen LogP contribution in [0.25, 0.3) is 17.1 Å². The predicted octanol–water partition coefficient (Wildman–Crippen LogP) is 5.70. The van der Waals surface area contributed by atoms with Gasteiger partial charge in [0, 0.05) is 21.8 Å². The summed E-state index contributed by atoms with van der Waals surface area (Å²) in [6, 6.07) is 22.5. The molecule has 0 aliphatic carbocycles. The van der Waals surface area contributed by atoms with Gasteiger partial charge in [0.25, 0.3) is 0 Å². The van der Waals surface area contributed by atoms with Crippen molar-refractivity contribution < 1.29 is 9.18 Å². The monoisotopic (exact) mass is 423 g/mol. The fraction of sp³-hybridized carbons (Fsp3) is 0.0455. The van der Waals surface area contributed by atoms with Crippen molar-refractivity contribution >= 4 is 29.1 Å². The number of halogens is 2. The van der Waals surface area contributed by atoms with Gasteiger partial charge in [0.2, 0.25) is 0 Å². The molecule has 1 heterocycles. The van der Waals surface area contributed by atoms with E-state index in [4.69, 9.17) is 11.6 Å². The van der Waals surface area contributed by atoms with Crippen molar-refractivity contribution in [3.63, 3.8) is 0 Å². The number of benzene rings is 3. The molecule has 29 heavy (non-hydrogen) atoms. The number of nitrogens with zero attached hydrogens (tertiary/aromatic N) is 3. The van der Waals surface area contributed by atoms with Gasteiger partial charge >= 0.3 is 0 Å². The highest BCUT2D eigenvalue weighted by molar-refractivity contribution is 7.99. The van der Waals surface area contributed by atoms with Gasteiger partial charge in [-0.25, -0.2) is 4.39 Å². The third kappa shape index (κ3) is 4.39. The van der Waals surface area contributed by atoms with Gasteiger partial charge in [-0.1, -0.05) is 41.6 Å². The number of ketones is 1. The molecule has 0 N–H and O–H groups in total. The molecule has 0 aliphatic heterocycles. The normalized spacial score (nSPS) is 10.8. The van der Waals surface area contributed by atoms with Crippen LogP contribution in [-0.4, -0.2) is 26.3 Å². The minimum absolute atomic E-state index is 0.0300. The average molecular weight is 424 g/mol. The number of carbonyl (C=O) groups excluding carboxylic acids is 1. The van der Waals surface area contributed by atoms with Gasteiger partial charge in [0.05, 0.1) is 5.75 Å². The first-order valence-electron chi connectivity index (χ1n) is 8.80. The zero-order chi connectivity index (χ0) is 20.2. The predicted molar refractivity (Wildman–Crippen MR) is 113 cm³/mol. The Morgan fingerprint density at radius 3 is 2.31 bits per heavy atom. The zero-order valence-corrected chi connectivity index (χ0v) is 16.7. The number of thioether (sulfide) groups is 1. The van der Waals surface area contributed by atoms with Crippen LogP contribution in [0.3, 0.4) is 0 Å². The van der Waals surface area contributed by atoms with E-state index in [1.807, 2.05) is 34.9 Å². The SMILES string of the molecule is O=C(CSc1nnc(-c2ccc(F)cc2)n1-c1ccccc1)c1ccc(Cl)cc1. The molecule has 0 unspecified atom stereocenters. The molecule has 4 rings (SSSR count). The lowest BCUT2D eigenvalue weighted by Gasteiger charge is -2.10. The molecule has 0 atom stereocenters. The minimum atomic E-state index is -0.317. The van der Waals surface area contributed by atoms with Crippen molar-refractivity contribution in [2.75, 3.05) is 5.75 Å². The summed E-state index contributed by atoms with van der Waals surface area (Å²) in [5.74, 6) is 0.439. The van der Waals surface area contributed by atoms with E-state index in [0.717, 1.165) is 11.3 Å². The van der Waals surface area contributed by atoms with Crippen LogP contribution in [0.15, 0.2) is 84.0 Å². The number of rotatable bonds is 6. The molecule has 144 valence electrons. The van der Waals surface area contributed by atoms with Gasteiger partial charge in [0.1, 0.15) is 5.82 Å². The van der Waals surface area contributed by atoms with Crippen molar-refractivity contribution in [3.05, 3.63) is 95.3 Å². The van der Waals surface area contributed by atoms with E-state index in [2.05, 4.69) is 10.2 Å². The topological polar surface area (TPSA) is 47.8 Å². The van der Waals surface area contributed by atoms with Crippen LogP contribution in [0, 0.1) is 5.82 Å². The molecule has 0 saturated heterocycles. The van der Waals surface area contributed by atoms with Gasteiger partial charge in [-0.05, 0) is 60.7 Å². The summed E-state index contributed by atoms with van der Waals surface area (Å²) >= 11 is 7.19. The highest BCUT2D eigenvalue weighted by Crippen LogP contribution is 2.28. The summed E-state index contributed by atoms with van der Waals surface area (Å²) in [6.07, 6.45) is 0. The molecular weight excluding hydrogens is 409 g/mol. The molecule has 0 aliphatic rings. The molecule has 4 nitrogen and oxygen atoms in total. The zero-order valence-electron chi connectivity index (χ0n) is 15.1. The molecule has 0 fully saturated rings. The third-order valence-electron chi connectivity index (χ3n) is 4.25. The van der Waals surface area contributed by atoms with E-state index in [1.54, 1.807) is 36.4 Å². The van der Waals surface area contributed by atoms with E-state index >= 15 is 0 Å². The number of para-hydroxylation sites is 1. The molecule has 0 amide bonds. The Labute approximate surface area is 176 Å². The fourth-order valence-electron chi connectivity index (χ4n) is 2.81. The fourth-order valence-corrected chi connectivity index (χ4v) is 3.78. The molecule has 1 aromatic heterocycles. The first kappa shape index (κ1) is 19.4. The van der Waals surface area contributed by atoms with Crippen molar-refractivity contribution in [2.24, 2.45) is 0 Å². The summed E-state index contributed by atoms with van der Waals surface area (Å²) in [4.78, 5) is 12.5. The Morgan fingerprint density at radius 2 is 1.62 bits per heavy atom. The Hall–Kier alpha value is -2.96. The summed E-state index contributed by atoms with van der Waals surface area (Å²) < 4.78 is 15.2. The second kappa shape index (κ2) is 8.59. The largest absolute Gasteiger partial charge is 0.293 e. The van der Waals surface area contributed by atoms with E-state index in [1.165, 1.54) is 23.9 Å². The average Bonchev–Trinajstić information content (AvgIpc) is 3.17. The summed E-state index contributed by atoms with van der Waals surface area (Å²) in [5.41, 5.74) is 2.18. The molecule has 4 aromatic rings. The van der Waals surface area contributed by atoms with Gasteiger partial charge in [-0.2, -0.15) is 0 Å². The molecule has 7 heteroatoms. The second-order valence-corrected chi connectivity index (χ2v) is 7.58. The third-order valence-corrected chi connectivity index (χ3v) is 5.43. The van der Waals surface area contributed by atoms with E-state index < -0.39 is 0 Å². The summed E-state index contributed by atoms with van der Waals surface area (Å²) in [7, 11) is 0. The van der Waals surface area contributed by atoms with Gasteiger partial charge in [0.15, 0.2) is 16.8 Å². The first-order valence-corrected chi connectivity index (χ1v) is 10.2. The Balaban J connectivity index is 1.65. The quantitative estimate of drug-likeness (QED) is 0.295. The van der Waals surface area contributed by atoms with Crippen LogP contribution in [0.2, 0.25) is 5.02 Å². The van der Waals surface area contributed by atoms with Gasteiger partial charge in [-0.15, -0.1) is 10.2 Å². The standard InChI is InChI=1S/C22H15ClFN3OS/c23-17-10-6-15(7-11-17)20(28)14-29-22-26-25-21(16-8-12-18(24)13-9-16)27(22)19-4-2-1-3-5-19/h1-13H,14H2. The van der Waals surface area contributed by atoms with Crippen molar-refractivity contribution in [1.82, 2.24) is 14.8 Å². The van der Waals surface area contributed by atoms with Crippen LogP contribution in [-0.2, 0) is 0 Å². The molecular formula is C22H15ClFN3OS. The van der Waals surface area contributed by atoms with E-state index in [9.17, 15) is 9.18 Å². The van der Waals surface area contributed by atoms with Crippen molar-refractivity contribution in [3.8, 4) is 17.1 Å². The summed E-state index contributed by atoms with van der Waals surface area (Å²) in [5, 5.41) is 9.74. The minimum Gasteiger partial charge on any atom is -0.293 e. The molecule has 3 aromatic carbocycles. The summed E-state index contributed by atoms with van der Waals surface area (Å²) in [6.45, 7) is 0. The van der Waals surface area contributed by atoms with E-state index in [0.29, 0.717) is 21.6 Å². The molecule has 0 saturated carbocycles. The lowest BCUT2D eigenvalue weighted by molar-refractivity contribution is 0.102. The number of hydrogen-bond donors (Lipinski definition) is 0. The maximum absolute atomic E-state index is 13.3. The lowest BCUT2D eigenvalue weighted by Crippen LogP contribution is -2.05. The smallest absolute Gasteiger partial charge is 0.196 e. The number of hydrogen-bond acceptors (Lipinski definition) is 4. The Morgan fingerprint density at radius 1 is 0.931 bits per heavy atom. The Bertz CT molecular complexity index is 1130. The second-order valence-electron chi connectivity index (χ2n) is 6.20. The first-order chi connectivity index (χ1) is 14.1. The van der Waals surface area contributed by atoms with Crippen LogP contribution in [0.4, 0.5) is 4.39 Å². The lowest BCUT2D eigenvalue weighted by atomic mass is 10.1. The Kier molecular flexibility index (Phi) is 5.74. The van der Waals surface area contributed by atoms with Crippen LogP contribution in [0.1, 0.15) is 10.4 Å². The maximum Gasteiger partial charge on any atom is 0.196 e. The highest BCUT2D eigenvalue weighted by Gasteiger charge is 2.17. The number of aromatic nitrogens is 3. The van der Waals surface area contributed by atoms with Crippen molar-refractivity contribution in [1.29, 1.82) is 0 Å². The highest BCUT2D eigenvalue weighted by atomic mass is 35.5. The van der Waals surface area contributed by atoms with Gasteiger partial charge in [-0.3, -0.25) is 9.36 Å².